The highest BCUT2D eigenvalue weighted by Crippen LogP contribution is 2.22. The maximum absolute atomic E-state index is 11.9. The summed E-state index contributed by atoms with van der Waals surface area (Å²) >= 11 is 0. The van der Waals surface area contributed by atoms with Crippen molar-refractivity contribution in [1.29, 1.82) is 0 Å². The van der Waals surface area contributed by atoms with E-state index in [9.17, 15) is 9.59 Å². The first-order chi connectivity index (χ1) is 11.8. The van der Waals surface area contributed by atoms with Gasteiger partial charge in [-0.15, -0.1) is 0 Å². The Kier molecular flexibility index (Phi) is 9.21. The first-order valence-corrected chi connectivity index (χ1v) is 9.19. The Labute approximate surface area is 152 Å². The molecule has 0 saturated heterocycles. The van der Waals surface area contributed by atoms with Gasteiger partial charge < -0.3 is 16.0 Å². The normalized spacial score (nSPS) is 12.3. The lowest BCUT2D eigenvalue weighted by atomic mass is 9.94. The average molecular weight is 348 g/mol. The van der Waals surface area contributed by atoms with E-state index in [-0.39, 0.29) is 30.9 Å². The quantitative estimate of drug-likeness (QED) is 0.609. The van der Waals surface area contributed by atoms with E-state index in [1.165, 1.54) is 11.1 Å². The molecule has 1 aromatic rings. The number of likely N-dealkylation sites (N-methyl/N-ethyl adjacent to an activating group) is 1. The van der Waals surface area contributed by atoms with Gasteiger partial charge in [-0.3, -0.25) is 9.59 Å². The van der Waals surface area contributed by atoms with Crippen molar-refractivity contribution in [3.8, 4) is 0 Å². The van der Waals surface area contributed by atoms with Crippen molar-refractivity contribution in [1.82, 2.24) is 16.0 Å². The van der Waals surface area contributed by atoms with Crippen LogP contribution in [0.2, 0.25) is 0 Å². The van der Waals surface area contributed by atoms with E-state index in [1.54, 1.807) is 0 Å². The van der Waals surface area contributed by atoms with Crippen LogP contribution in [0.5, 0.6) is 0 Å². The summed E-state index contributed by atoms with van der Waals surface area (Å²) in [5, 5.41) is 8.59. The molecular formula is C20H33N3O2. The molecule has 0 aromatic heterocycles. The number of amides is 2. The second-order valence-electron chi connectivity index (χ2n) is 7.17. The summed E-state index contributed by atoms with van der Waals surface area (Å²) in [5.41, 5.74) is 2.51. The van der Waals surface area contributed by atoms with Crippen LogP contribution in [0.4, 0.5) is 0 Å². The zero-order chi connectivity index (χ0) is 18.8. The molecule has 1 rings (SSSR count). The van der Waals surface area contributed by atoms with Crippen molar-refractivity contribution < 1.29 is 9.59 Å². The summed E-state index contributed by atoms with van der Waals surface area (Å²) < 4.78 is 0. The first kappa shape index (κ1) is 21.2. The Morgan fingerprint density at radius 3 is 2.04 bits per heavy atom. The number of hydrogen-bond donors (Lipinski definition) is 3. The molecule has 0 aliphatic heterocycles. The molecule has 5 heteroatoms. The van der Waals surface area contributed by atoms with E-state index in [4.69, 9.17) is 0 Å². The highest BCUT2D eigenvalue weighted by molar-refractivity contribution is 5.85. The highest BCUT2D eigenvalue weighted by Gasteiger charge is 2.17. The predicted molar refractivity (Wildman–Crippen MR) is 102 cm³/mol. The molecule has 0 aliphatic carbocycles. The molecule has 0 heterocycles. The summed E-state index contributed by atoms with van der Waals surface area (Å²) in [6.07, 6.45) is 1.07. The third-order valence-electron chi connectivity index (χ3n) is 3.95. The summed E-state index contributed by atoms with van der Waals surface area (Å²) in [6, 6.07) is 8.72. The van der Waals surface area contributed by atoms with Crippen molar-refractivity contribution in [3.63, 3.8) is 0 Å². The molecule has 0 unspecified atom stereocenters. The number of hydrogen-bond acceptors (Lipinski definition) is 3. The molecule has 0 bridgehead atoms. The molecule has 3 N–H and O–H groups in total. The molecule has 5 nitrogen and oxygen atoms in total. The lowest BCUT2D eigenvalue weighted by Crippen LogP contribution is -2.42. The molecule has 0 radical (unpaired) electrons. The zero-order valence-corrected chi connectivity index (χ0v) is 16.2. The summed E-state index contributed by atoms with van der Waals surface area (Å²) in [7, 11) is 0. The van der Waals surface area contributed by atoms with Gasteiger partial charge in [-0.1, -0.05) is 52.0 Å². The first-order valence-electron chi connectivity index (χ1n) is 9.19. The Morgan fingerprint density at radius 2 is 1.52 bits per heavy atom. The Bertz CT molecular complexity index is 538. The second kappa shape index (κ2) is 10.9. The Morgan fingerprint density at radius 1 is 0.920 bits per heavy atom. The van der Waals surface area contributed by atoms with Crippen LogP contribution in [0, 0.1) is 11.8 Å². The minimum atomic E-state index is -0.173. The van der Waals surface area contributed by atoms with Gasteiger partial charge >= 0.3 is 0 Å². The van der Waals surface area contributed by atoms with Crippen molar-refractivity contribution in [2.45, 2.75) is 47.1 Å². The van der Waals surface area contributed by atoms with E-state index in [0.29, 0.717) is 18.4 Å². The maximum Gasteiger partial charge on any atom is 0.239 e. The molecule has 1 atom stereocenters. The largest absolute Gasteiger partial charge is 0.355 e. The fourth-order valence-corrected chi connectivity index (χ4v) is 2.77. The minimum absolute atomic E-state index is 0.0185. The van der Waals surface area contributed by atoms with E-state index in [1.807, 2.05) is 6.92 Å². The van der Waals surface area contributed by atoms with Crippen molar-refractivity contribution >= 4 is 11.8 Å². The number of carbonyl (C=O) groups is 2. The van der Waals surface area contributed by atoms with Gasteiger partial charge in [0.1, 0.15) is 0 Å². The monoisotopic (exact) mass is 347 g/mol. The summed E-state index contributed by atoms with van der Waals surface area (Å²) in [5.74, 6) is 0.649. The van der Waals surface area contributed by atoms with Gasteiger partial charge in [-0.25, -0.2) is 0 Å². The van der Waals surface area contributed by atoms with Crippen LogP contribution in [-0.2, 0) is 16.0 Å². The summed E-state index contributed by atoms with van der Waals surface area (Å²) in [6.45, 7) is 11.3. The molecule has 140 valence electrons. The van der Waals surface area contributed by atoms with Crippen LogP contribution in [0.25, 0.3) is 0 Å². The standard InChI is InChI=1S/C20H33N3O2/c1-6-21-18(24)12-22-19(25)13-23-20(15(4)5)17-9-7-16(8-10-17)11-14(2)3/h7-10,14-15,20,23H,6,11-13H2,1-5H3,(H,21,24)(H,22,25)/t20-/m0/s1. The highest BCUT2D eigenvalue weighted by atomic mass is 16.2. The lowest BCUT2D eigenvalue weighted by molar-refractivity contribution is -0.125. The van der Waals surface area contributed by atoms with E-state index in [2.05, 4.69) is 67.9 Å². The predicted octanol–water partition coefficient (Wildman–Crippen LogP) is 2.42. The van der Waals surface area contributed by atoms with Gasteiger partial charge in [0, 0.05) is 12.6 Å². The fourth-order valence-electron chi connectivity index (χ4n) is 2.77. The van der Waals surface area contributed by atoms with E-state index in [0.717, 1.165) is 6.42 Å². The smallest absolute Gasteiger partial charge is 0.239 e. The van der Waals surface area contributed by atoms with Gasteiger partial charge in [-0.05, 0) is 36.3 Å². The van der Waals surface area contributed by atoms with Crippen LogP contribution in [-0.4, -0.2) is 31.4 Å². The molecule has 0 aliphatic rings. The summed E-state index contributed by atoms with van der Waals surface area (Å²) in [4.78, 5) is 23.3. The second-order valence-corrected chi connectivity index (χ2v) is 7.17. The third kappa shape index (κ3) is 8.16. The average Bonchev–Trinajstić information content (AvgIpc) is 2.54. The minimum Gasteiger partial charge on any atom is -0.355 e. The number of nitrogens with one attached hydrogen (secondary N) is 3. The number of benzene rings is 1. The van der Waals surface area contributed by atoms with Gasteiger partial charge in [0.25, 0.3) is 0 Å². The van der Waals surface area contributed by atoms with Crippen LogP contribution >= 0.6 is 0 Å². The number of rotatable bonds is 10. The van der Waals surface area contributed by atoms with Crippen molar-refractivity contribution in [2.75, 3.05) is 19.6 Å². The molecule has 1 aromatic carbocycles. The maximum atomic E-state index is 11.9. The van der Waals surface area contributed by atoms with Gasteiger partial charge in [0.15, 0.2) is 0 Å². The van der Waals surface area contributed by atoms with E-state index < -0.39 is 0 Å². The molecule has 25 heavy (non-hydrogen) atoms. The van der Waals surface area contributed by atoms with Gasteiger partial charge in [-0.2, -0.15) is 0 Å². The third-order valence-corrected chi connectivity index (χ3v) is 3.95. The van der Waals surface area contributed by atoms with Crippen LogP contribution < -0.4 is 16.0 Å². The van der Waals surface area contributed by atoms with E-state index >= 15 is 0 Å². The molecular weight excluding hydrogens is 314 g/mol. The SMILES string of the molecule is CCNC(=O)CNC(=O)CN[C@H](c1ccc(CC(C)C)cc1)C(C)C. The van der Waals surface area contributed by atoms with Crippen LogP contribution in [0.1, 0.15) is 51.8 Å². The van der Waals surface area contributed by atoms with Crippen LogP contribution in [0.3, 0.4) is 0 Å². The topological polar surface area (TPSA) is 70.2 Å². The Balaban J connectivity index is 2.56. The van der Waals surface area contributed by atoms with Gasteiger partial charge in [0.05, 0.1) is 13.1 Å². The molecule has 0 spiro atoms. The Hall–Kier alpha value is -1.88. The molecule has 0 saturated carbocycles. The number of carbonyl (C=O) groups excluding carboxylic acids is 2. The van der Waals surface area contributed by atoms with Gasteiger partial charge in [0.2, 0.25) is 11.8 Å². The lowest BCUT2D eigenvalue weighted by Gasteiger charge is -2.23. The van der Waals surface area contributed by atoms with Crippen molar-refractivity contribution in [2.24, 2.45) is 11.8 Å². The molecule has 0 fully saturated rings. The van der Waals surface area contributed by atoms with Crippen molar-refractivity contribution in [3.05, 3.63) is 35.4 Å². The molecule has 2 amide bonds. The van der Waals surface area contributed by atoms with Crippen LogP contribution in [0.15, 0.2) is 24.3 Å². The zero-order valence-electron chi connectivity index (χ0n) is 16.2. The fraction of sp³-hybridized carbons (Fsp3) is 0.600.